The van der Waals surface area contributed by atoms with Crippen LogP contribution in [0.1, 0.15) is 18.4 Å². The quantitative estimate of drug-likeness (QED) is 0.371. The molecule has 0 spiro atoms. The monoisotopic (exact) mass is 277 g/mol. The molecule has 1 aliphatic rings. The predicted octanol–water partition coefficient (Wildman–Crippen LogP) is 1.45. The third-order valence-corrected chi connectivity index (χ3v) is 3.20. The molecule has 2 rings (SSSR count). The van der Waals surface area contributed by atoms with Crippen molar-refractivity contribution in [3.63, 3.8) is 0 Å². The van der Waals surface area contributed by atoms with Crippen LogP contribution in [0.5, 0.6) is 0 Å². The van der Waals surface area contributed by atoms with Gasteiger partial charge >= 0.3 is 0 Å². The van der Waals surface area contributed by atoms with Crippen molar-refractivity contribution < 1.29 is 27.1 Å². The first-order valence-electron chi connectivity index (χ1n) is 5.55. The van der Waals surface area contributed by atoms with Gasteiger partial charge in [-0.1, -0.05) is 0 Å². The summed E-state index contributed by atoms with van der Waals surface area (Å²) in [6, 6.07) is -0.985. The smallest absolute Gasteiger partial charge is 0.200 e. The summed E-state index contributed by atoms with van der Waals surface area (Å²) in [5, 5.41) is 12.6. The van der Waals surface area contributed by atoms with E-state index in [4.69, 9.17) is 7.85 Å². The fraction of sp³-hybridized carbons (Fsp3) is 0.455. The number of hydrogen-bond donors (Lipinski definition) is 2. The Morgan fingerprint density at radius 3 is 1.89 bits per heavy atom. The van der Waals surface area contributed by atoms with Gasteiger partial charge in [0.05, 0.1) is 11.1 Å². The molecular formula is C11H9BF5NO. The highest BCUT2D eigenvalue weighted by molar-refractivity contribution is 6.15. The van der Waals surface area contributed by atoms with Gasteiger partial charge in [0.1, 0.15) is 7.85 Å². The molecule has 2 radical (unpaired) electrons. The van der Waals surface area contributed by atoms with Gasteiger partial charge in [0.25, 0.3) is 0 Å². The van der Waals surface area contributed by atoms with Crippen molar-refractivity contribution in [2.75, 3.05) is 6.54 Å². The second kappa shape index (κ2) is 4.75. The highest BCUT2D eigenvalue weighted by atomic mass is 19.2. The van der Waals surface area contributed by atoms with Crippen molar-refractivity contribution in [3.05, 3.63) is 34.6 Å². The van der Waals surface area contributed by atoms with Gasteiger partial charge in [-0.15, -0.1) is 0 Å². The Hall–Kier alpha value is -1.15. The van der Waals surface area contributed by atoms with E-state index in [1.165, 1.54) is 0 Å². The lowest BCUT2D eigenvalue weighted by molar-refractivity contribution is 0.0783. The minimum absolute atomic E-state index is 0.256. The van der Waals surface area contributed by atoms with Crippen molar-refractivity contribution in [3.8, 4) is 0 Å². The van der Waals surface area contributed by atoms with Crippen LogP contribution in [0.2, 0.25) is 0 Å². The molecule has 1 aromatic carbocycles. The van der Waals surface area contributed by atoms with Gasteiger partial charge in [0.15, 0.2) is 23.3 Å². The Labute approximate surface area is 107 Å². The molecule has 102 valence electrons. The molecule has 0 aromatic heterocycles. The molecule has 2 nitrogen and oxygen atoms in total. The van der Waals surface area contributed by atoms with Crippen molar-refractivity contribution >= 4 is 7.85 Å². The summed E-state index contributed by atoms with van der Waals surface area (Å²) in [5.41, 5.74) is -4.09. The van der Waals surface area contributed by atoms with E-state index in [1.54, 1.807) is 0 Å². The van der Waals surface area contributed by atoms with E-state index >= 15 is 0 Å². The van der Waals surface area contributed by atoms with Crippen molar-refractivity contribution in [2.24, 2.45) is 0 Å². The lowest BCUT2D eigenvalue weighted by Gasteiger charge is -2.32. The molecule has 1 aromatic rings. The predicted molar refractivity (Wildman–Crippen MR) is 56.9 cm³/mol. The Kier molecular flexibility index (Phi) is 3.57. The molecule has 1 aliphatic heterocycles. The Morgan fingerprint density at radius 1 is 1.00 bits per heavy atom. The number of halogens is 5. The minimum Gasteiger partial charge on any atom is -0.393 e. The highest BCUT2D eigenvalue weighted by Gasteiger charge is 2.42. The molecule has 8 heteroatoms. The molecular weight excluding hydrogens is 268 g/mol. The van der Waals surface area contributed by atoms with Crippen LogP contribution in [-0.2, 0) is 5.50 Å². The van der Waals surface area contributed by atoms with Crippen LogP contribution in [0.25, 0.3) is 0 Å². The van der Waals surface area contributed by atoms with E-state index in [1.807, 2.05) is 0 Å². The molecule has 0 unspecified atom stereocenters. The minimum atomic E-state index is -2.68. The molecule has 1 fully saturated rings. The standard InChI is InChI=1S/C11H9BF5NO/c12-11(19,4-2-1-3-18-4)5-6(13)8(15)10(17)9(16)7(5)14/h4,18-19H,1-3H2/t4-,11-/m0/s1. The van der Waals surface area contributed by atoms with E-state index in [2.05, 4.69) is 5.32 Å². The summed E-state index contributed by atoms with van der Waals surface area (Å²) >= 11 is 0. The van der Waals surface area contributed by atoms with E-state index < -0.39 is 46.2 Å². The summed E-state index contributed by atoms with van der Waals surface area (Å²) in [4.78, 5) is 0. The van der Waals surface area contributed by atoms with Crippen molar-refractivity contribution in [1.29, 1.82) is 0 Å². The van der Waals surface area contributed by atoms with Crippen LogP contribution in [0, 0.1) is 29.1 Å². The number of rotatable bonds is 2. The van der Waals surface area contributed by atoms with Gasteiger partial charge in [0.2, 0.25) is 5.82 Å². The molecule has 2 N–H and O–H groups in total. The molecule has 0 bridgehead atoms. The fourth-order valence-electron chi connectivity index (χ4n) is 2.19. The summed E-state index contributed by atoms with van der Waals surface area (Å²) in [5.74, 6) is -10.8. The van der Waals surface area contributed by atoms with Crippen LogP contribution < -0.4 is 5.32 Å². The first kappa shape index (κ1) is 14.3. The Morgan fingerprint density at radius 2 is 1.47 bits per heavy atom. The van der Waals surface area contributed by atoms with Gasteiger partial charge in [-0.3, -0.25) is 0 Å². The second-order valence-corrected chi connectivity index (χ2v) is 4.42. The van der Waals surface area contributed by atoms with Crippen LogP contribution in [0.15, 0.2) is 0 Å². The summed E-state index contributed by atoms with van der Waals surface area (Å²) in [7, 11) is 5.39. The Balaban J connectivity index is 2.61. The first-order chi connectivity index (χ1) is 8.78. The zero-order chi connectivity index (χ0) is 14.4. The molecule has 0 saturated carbocycles. The average molecular weight is 277 g/mol. The van der Waals surface area contributed by atoms with Gasteiger partial charge in [-0.25, -0.2) is 22.0 Å². The molecule has 0 aliphatic carbocycles. The first-order valence-corrected chi connectivity index (χ1v) is 5.55. The molecule has 0 amide bonds. The number of nitrogens with one attached hydrogen (secondary N) is 1. The highest BCUT2D eigenvalue weighted by Crippen LogP contribution is 2.34. The number of hydrogen-bond acceptors (Lipinski definition) is 2. The molecule has 1 saturated heterocycles. The maximum Gasteiger partial charge on any atom is 0.200 e. The van der Waals surface area contributed by atoms with Gasteiger partial charge in [-0.2, -0.15) is 0 Å². The molecule has 1 heterocycles. The second-order valence-electron chi connectivity index (χ2n) is 4.42. The zero-order valence-corrected chi connectivity index (χ0v) is 9.61. The average Bonchev–Trinajstić information content (AvgIpc) is 2.88. The van der Waals surface area contributed by atoms with Crippen LogP contribution in [0.3, 0.4) is 0 Å². The van der Waals surface area contributed by atoms with Gasteiger partial charge in [0, 0.05) is 6.04 Å². The normalized spacial score (nSPS) is 22.5. The maximum atomic E-state index is 13.6. The summed E-state index contributed by atoms with van der Waals surface area (Å²) < 4.78 is 66.2. The lowest BCUT2D eigenvalue weighted by atomic mass is 9.69. The summed E-state index contributed by atoms with van der Waals surface area (Å²) in [6.45, 7) is 0.430. The van der Waals surface area contributed by atoms with E-state index in [-0.39, 0.29) is 6.42 Å². The number of aliphatic hydroxyl groups is 1. The zero-order valence-electron chi connectivity index (χ0n) is 9.61. The van der Waals surface area contributed by atoms with Crippen LogP contribution >= 0.6 is 0 Å². The lowest BCUT2D eigenvalue weighted by Crippen LogP contribution is -2.47. The largest absolute Gasteiger partial charge is 0.393 e. The Bertz CT molecular complexity index is 487. The topological polar surface area (TPSA) is 32.3 Å². The molecule has 2 atom stereocenters. The molecule has 19 heavy (non-hydrogen) atoms. The van der Waals surface area contributed by atoms with Crippen molar-refractivity contribution in [1.82, 2.24) is 5.32 Å². The fourth-order valence-corrected chi connectivity index (χ4v) is 2.19. The maximum absolute atomic E-state index is 13.6. The van der Waals surface area contributed by atoms with E-state index in [9.17, 15) is 27.1 Å². The third kappa shape index (κ3) is 2.12. The van der Waals surface area contributed by atoms with E-state index in [0.717, 1.165) is 0 Å². The van der Waals surface area contributed by atoms with Crippen LogP contribution in [-0.4, -0.2) is 25.5 Å². The van der Waals surface area contributed by atoms with E-state index in [0.29, 0.717) is 13.0 Å². The SMILES string of the molecule is [B][C@@](O)(c1c(F)c(F)c(F)c(F)c1F)[C@@H]1CCCN1. The van der Waals surface area contributed by atoms with Crippen molar-refractivity contribution in [2.45, 2.75) is 24.4 Å². The van der Waals surface area contributed by atoms with Gasteiger partial charge in [-0.05, 0) is 19.4 Å². The third-order valence-electron chi connectivity index (χ3n) is 3.20. The van der Waals surface area contributed by atoms with Gasteiger partial charge < -0.3 is 10.4 Å². The summed E-state index contributed by atoms with van der Waals surface area (Å²) in [6.07, 6.45) is 0.825. The van der Waals surface area contributed by atoms with Crippen LogP contribution in [0.4, 0.5) is 22.0 Å². The number of benzene rings is 1.